The fraction of sp³-hybridized carbons (Fsp3) is 0.769. The van der Waals surface area contributed by atoms with E-state index in [2.05, 4.69) is 9.88 Å². The zero-order valence-corrected chi connectivity index (χ0v) is 12.9. The van der Waals surface area contributed by atoms with Crippen LogP contribution < -0.4 is 4.72 Å². The molecule has 0 radical (unpaired) electrons. The predicted octanol–water partition coefficient (Wildman–Crippen LogP) is 0.997. The van der Waals surface area contributed by atoms with Gasteiger partial charge in [0.2, 0.25) is 0 Å². The highest BCUT2D eigenvalue weighted by atomic mass is 32.2. The zero-order chi connectivity index (χ0) is 14.9. The number of methoxy groups -OCH3 is 1. The molecular formula is C13H21N3O4S. The summed E-state index contributed by atoms with van der Waals surface area (Å²) in [5.41, 5.74) is 0.628. The minimum absolute atomic E-state index is 0.0770. The molecule has 2 heterocycles. The van der Waals surface area contributed by atoms with E-state index in [1.54, 1.807) is 7.11 Å². The topological polar surface area (TPSA) is 84.7 Å². The van der Waals surface area contributed by atoms with Gasteiger partial charge in [-0.05, 0) is 25.7 Å². The van der Waals surface area contributed by atoms with Crippen molar-refractivity contribution in [3.63, 3.8) is 0 Å². The van der Waals surface area contributed by atoms with E-state index in [4.69, 9.17) is 9.26 Å². The second kappa shape index (κ2) is 6.04. The van der Waals surface area contributed by atoms with Crippen molar-refractivity contribution in [3.05, 3.63) is 17.5 Å². The van der Waals surface area contributed by atoms with Gasteiger partial charge in [-0.3, -0.25) is 0 Å². The van der Waals surface area contributed by atoms with Gasteiger partial charge in [0.15, 0.2) is 0 Å². The van der Waals surface area contributed by atoms with Crippen molar-refractivity contribution >= 4 is 10.2 Å². The summed E-state index contributed by atoms with van der Waals surface area (Å²) in [6.45, 7) is 1.13. The molecule has 0 spiro atoms. The average molecular weight is 315 g/mol. The summed E-state index contributed by atoms with van der Waals surface area (Å²) < 4.78 is 39.1. The molecule has 1 aliphatic carbocycles. The Kier molecular flexibility index (Phi) is 4.30. The third-order valence-electron chi connectivity index (χ3n) is 3.98. The molecule has 0 unspecified atom stereocenters. The summed E-state index contributed by atoms with van der Waals surface area (Å²) >= 11 is 0. The molecule has 21 heavy (non-hydrogen) atoms. The van der Waals surface area contributed by atoms with Gasteiger partial charge < -0.3 is 9.26 Å². The lowest BCUT2D eigenvalue weighted by Gasteiger charge is -2.23. The molecule has 0 bridgehead atoms. The van der Waals surface area contributed by atoms with Crippen molar-refractivity contribution in [2.45, 2.75) is 44.2 Å². The Hall–Kier alpha value is -0.960. The molecule has 8 heteroatoms. The van der Waals surface area contributed by atoms with Crippen LogP contribution in [0.3, 0.4) is 0 Å². The van der Waals surface area contributed by atoms with Crippen LogP contribution in [0.15, 0.2) is 10.6 Å². The Bertz CT molecular complexity index is 582. The molecular weight excluding hydrogens is 294 g/mol. The van der Waals surface area contributed by atoms with Crippen LogP contribution in [0, 0.1) is 0 Å². The highest BCUT2D eigenvalue weighted by Gasteiger charge is 2.34. The van der Waals surface area contributed by atoms with Crippen molar-refractivity contribution in [2.75, 3.05) is 20.3 Å². The van der Waals surface area contributed by atoms with Gasteiger partial charge in [-0.1, -0.05) is 5.16 Å². The predicted molar refractivity (Wildman–Crippen MR) is 75.8 cm³/mol. The summed E-state index contributed by atoms with van der Waals surface area (Å²) in [6.07, 6.45) is 3.97. The molecule has 0 amide bonds. The van der Waals surface area contributed by atoms with Crippen molar-refractivity contribution in [1.29, 1.82) is 0 Å². The largest absolute Gasteiger partial charge is 0.383 e. The second-order valence-electron chi connectivity index (χ2n) is 5.68. The van der Waals surface area contributed by atoms with Crippen LogP contribution in [0.1, 0.15) is 43.1 Å². The monoisotopic (exact) mass is 315 g/mol. The van der Waals surface area contributed by atoms with Gasteiger partial charge in [-0.25, -0.2) is 0 Å². The van der Waals surface area contributed by atoms with Crippen LogP contribution in [0.5, 0.6) is 0 Å². The Morgan fingerprint density at radius 3 is 3.00 bits per heavy atom. The smallest absolute Gasteiger partial charge is 0.280 e. The van der Waals surface area contributed by atoms with Crippen LogP contribution in [0.2, 0.25) is 0 Å². The lowest BCUT2D eigenvalue weighted by Crippen LogP contribution is -2.44. The molecule has 0 aromatic carbocycles. The van der Waals surface area contributed by atoms with E-state index in [9.17, 15) is 8.42 Å². The number of hydrogen-bond acceptors (Lipinski definition) is 5. The third kappa shape index (κ3) is 3.45. The van der Waals surface area contributed by atoms with E-state index in [1.165, 1.54) is 4.31 Å². The maximum atomic E-state index is 12.3. The van der Waals surface area contributed by atoms with Crippen molar-refractivity contribution in [2.24, 2.45) is 0 Å². The molecule has 1 N–H and O–H groups in total. The number of ether oxygens (including phenoxy) is 1. The summed E-state index contributed by atoms with van der Waals surface area (Å²) in [5.74, 6) is 1.34. The second-order valence-corrected chi connectivity index (χ2v) is 7.39. The molecule has 1 atom stereocenters. The molecule has 3 rings (SSSR count). The van der Waals surface area contributed by atoms with Crippen LogP contribution in [-0.2, 0) is 21.5 Å². The fourth-order valence-corrected chi connectivity index (χ4v) is 4.13. The van der Waals surface area contributed by atoms with Gasteiger partial charge in [-0.2, -0.15) is 17.4 Å². The Morgan fingerprint density at radius 1 is 1.48 bits per heavy atom. The van der Waals surface area contributed by atoms with Crippen LogP contribution in [0.25, 0.3) is 0 Å². The van der Waals surface area contributed by atoms with E-state index in [0.29, 0.717) is 24.8 Å². The average Bonchev–Trinajstić information content (AvgIpc) is 3.01. The Balaban J connectivity index is 1.59. The zero-order valence-electron chi connectivity index (χ0n) is 12.1. The molecule has 118 valence electrons. The molecule has 2 fully saturated rings. The van der Waals surface area contributed by atoms with Crippen LogP contribution >= 0.6 is 0 Å². The van der Waals surface area contributed by atoms with Crippen LogP contribution in [0.4, 0.5) is 0 Å². The molecule has 7 nitrogen and oxygen atoms in total. The van der Waals surface area contributed by atoms with E-state index < -0.39 is 10.2 Å². The first-order valence-electron chi connectivity index (χ1n) is 7.31. The first-order chi connectivity index (χ1) is 10.1. The first-order valence-corrected chi connectivity index (χ1v) is 8.75. The van der Waals surface area contributed by atoms with Gasteiger partial charge in [0.1, 0.15) is 5.76 Å². The van der Waals surface area contributed by atoms with E-state index >= 15 is 0 Å². The summed E-state index contributed by atoms with van der Waals surface area (Å²) in [7, 11) is -1.91. The number of rotatable bonds is 7. The lowest BCUT2D eigenvalue weighted by molar-refractivity contribution is 0.148. The third-order valence-corrected chi connectivity index (χ3v) is 5.59. The maximum absolute atomic E-state index is 12.3. The first kappa shape index (κ1) is 15.0. The highest BCUT2D eigenvalue weighted by molar-refractivity contribution is 7.87. The molecule has 1 aromatic heterocycles. The Morgan fingerprint density at radius 2 is 2.29 bits per heavy atom. The van der Waals surface area contributed by atoms with Gasteiger partial charge in [0.05, 0.1) is 18.8 Å². The highest BCUT2D eigenvalue weighted by Crippen LogP contribution is 2.40. The number of nitrogens with one attached hydrogen (secondary N) is 1. The SMILES string of the molecule is COC[C@@H]1CCCN1S(=O)(=O)NCc1cc(C2CC2)on1. The molecule has 1 aliphatic heterocycles. The van der Waals surface area contributed by atoms with Gasteiger partial charge in [0.25, 0.3) is 10.2 Å². The standard InChI is InChI=1S/C13H21N3O4S/c1-19-9-12-3-2-6-16(12)21(17,18)14-8-11-7-13(20-15-11)10-4-5-10/h7,10,12,14H,2-6,8-9H2,1H3/t12-/m0/s1. The molecule has 1 aromatic rings. The van der Waals surface area contributed by atoms with Crippen molar-refractivity contribution < 1.29 is 17.7 Å². The fourth-order valence-electron chi connectivity index (χ4n) is 2.70. The summed E-state index contributed by atoms with van der Waals surface area (Å²) in [4.78, 5) is 0. The number of hydrogen-bond donors (Lipinski definition) is 1. The van der Waals surface area contributed by atoms with Gasteiger partial charge >= 0.3 is 0 Å². The van der Waals surface area contributed by atoms with Crippen LogP contribution in [-0.4, -0.2) is 44.2 Å². The van der Waals surface area contributed by atoms with E-state index in [1.807, 2.05) is 6.07 Å². The minimum atomic E-state index is -3.50. The van der Waals surface area contributed by atoms with Crippen molar-refractivity contribution in [3.8, 4) is 0 Å². The summed E-state index contributed by atoms with van der Waals surface area (Å²) in [5, 5.41) is 3.92. The quantitative estimate of drug-likeness (QED) is 0.811. The number of aromatic nitrogens is 1. The molecule has 2 aliphatic rings. The normalized spacial score (nSPS) is 23.8. The summed E-state index contributed by atoms with van der Waals surface area (Å²) in [6, 6.07) is 1.77. The maximum Gasteiger partial charge on any atom is 0.280 e. The van der Waals surface area contributed by atoms with Gasteiger partial charge in [-0.15, -0.1) is 0 Å². The van der Waals surface area contributed by atoms with E-state index in [0.717, 1.165) is 31.4 Å². The van der Waals surface area contributed by atoms with Gasteiger partial charge in [0, 0.05) is 31.7 Å². The van der Waals surface area contributed by atoms with Crippen molar-refractivity contribution in [1.82, 2.24) is 14.2 Å². The number of nitrogens with zero attached hydrogens (tertiary/aromatic N) is 2. The Labute approximate surface area is 124 Å². The van der Waals surface area contributed by atoms with E-state index in [-0.39, 0.29) is 12.6 Å². The molecule has 1 saturated carbocycles. The lowest BCUT2D eigenvalue weighted by atomic mass is 10.2. The molecule has 1 saturated heterocycles. The minimum Gasteiger partial charge on any atom is -0.383 e.